The smallest absolute Gasteiger partial charge is 0.334 e. The van der Waals surface area contributed by atoms with Crippen molar-refractivity contribution in [3.05, 3.63) is 0 Å². The van der Waals surface area contributed by atoms with Crippen LogP contribution in [-0.2, 0) is 4.79 Å². The van der Waals surface area contributed by atoms with E-state index in [1.807, 2.05) is 0 Å². The maximum absolute atomic E-state index is 11.7. The molecule has 0 fully saturated rings. The highest BCUT2D eigenvalue weighted by molar-refractivity contribution is 5.47. The van der Waals surface area contributed by atoms with Gasteiger partial charge in [0.15, 0.2) is 0 Å². The van der Waals surface area contributed by atoms with E-state index in [-0.39, 0.29) is 6.41 Å². The fraction of sp³-hybridized carbons (Fsp3) is 0.833. The normalized spacial score (nSPS) is 11.8. The minimum atomic E-state index is -4.30. The first-order chi connectivity index (χ1) is 4.87. The van der Waals surface area contributed by atoms with Crippen LogP contribution in [0, 0.1) is 0 Å². The van der Waals surface area contributed by atoms with E-state index in [4.69, 9.17) is 0 Å². The van der Waals surface area contributed by atoms with E-state index in [9.17, 15) is 18.0 Å². The van der Waals surface area contributed by atoms with Crippen LogP contribution in [0.15, 0.2) is 0 Å². The minimum absolute atomic E-state index is 0.207. The summed E-state index contributed by atoms with van der Waals surface area (Å²) in [5.41, 5.74) is 0. The van der Waals surface area contributed by atoms with Crippen molar-refractivity contribution in [2.45, 2.75) is 26.1 Å². The largest absolute Gasteiger partial charge is 0.406 e. The van der Waals surface area contributed by atoms with Gasteiger partial charge in [-0.2, -0.15) is 13.2 Å². The molecule has 0 aliphatic heterocycles. The van der Waals surface area contributed by atoms with Gasteiger partial charge in [-0.25, -0.2) is 0 Å². The van der Waals surface area contributed by atoms with Crippen LogP contribution in [0.2, 0.25) is 0 Å². The molecular weight excluding hydrogens is 159 g/mol. The van der Waals surface area contributed by atoms with Crippen molar-refractivity contribution in [1.29, 1.82) is 0 Å². The minimum Gasteiger partial charge on any atom is -0.334 e. The molecule has 0 unspecified atom stereocenters. The summed E-state index contributed by atoms with van der Waals surface area (Å²) in [4.78, 5) is 10.7. The summed E-state index contributed by atoms with van der Waals surface area (Å²) in [6.45, 7) is 1.88. The molecule has 0 rings (SSSR count). The first-order valence-corrected chi connectivity index (χ1v) is 3.14. The number of amides is 1. The van der Waals surface area contributed by atoms with Gasteiger partial charge < -0.3 is 4.90 Å². The van der Waals surface area contributed by atoms with Crippen molar-refractivity contribution in [3.8, 4) is 0 Å². The molecule has 66 valence electrons. The zero-order chi connectivity index (χ0) is 9.07. The second-order valence-electron chi connectivity index (χ2n) is 2.49. The predicted molar refractivity (Wildman–Crippen MR) is 34.0 cm³/mol. The molecule has 0 saturated carbocycles. The fourth-order valence-corrected chi connectivity index (χ4v) is 0.549. The molecule has 1 amide bonds. The lowest BCUT2D eigenvalue weighted by molar-refractivity contribution is -0.157. The van der Waals surface area contributed by atoms with Crippen LogP contribution in [0.5, 0.6) is 0 Å². The van der Waals surface area contributed by atoms with Crippen molar-refractivity contribution >= 4 is 6.41 Å². The van der Waals surface area contributed by atoms with Crippen LogP contribution < -0.4 is 0 Å². The van der Waals surface area contributed by atoms with Crippen molar-refractivity contribution in [2.75, 3.05) is 6.54 Å². The summed E-state index contributed by atoms with van der Waals surface area (Å²) < 4.78 is 35.0. The molecule has 5 heteroatoms. The van der Waals surface area contributed by atoms with Crippen molar-refractivity contribution in [3.63, 3.8) is 0 Å². The third-order valence-electron chi connectivity index (χ3n) is 1.16. The van der Waals surface area contributed by atoms with Crippen molar-refractivity contribution < 1.29 is 18.0 Å². The molecule has 0 aromatic carbocycles. The highest BCUT2D eigenvalue weighted by atomic mass is 19.4. The number of alkyl halides is 3. The summed E-state index contributed by atoms with van der Waals surface area (Å²) in [6.07, 6.45) is -4.09. The van der Waals surface area contributed by atoms with E-state index in [0.29, 0.717) is 4.90 Å². The number of carbonyl (C=O) groups is 1. The van der Waals surface area contributed by atoms with Gasteiger partial charge in [-0.05, 0) is 13.8 Å². The Balaban J connectivity index is 3.99. The average molecular weight is 169 g/mol. The predicted octanol–water partition coefficient (Wildman–Crippen LogP) is 1.42. The van der Waals surface area contributed by atoms with Gasteiger partial charge in [0.2, 0.25) is 6.41 Å². The van der Waals surface area contributed by atoms with Crippen molar-refractivity contribution in [1.82, 2.24) is 4.90 Å². The van der Waals surface area contributed by atoms with E-state index < -0.39 is 18.8 Å². The molecule has 0 aromatic heterocycles. The molecule has 0 heterocycles. The van der Waals surface area contributed by atoms with Gasteiger partial charge >= 0.3 is 6.18 Å². The van der Waals surface area contributed by atoms with Crippen LogP contribution in [0.25, 0.3) is 0 Å². The monoisotopic (exact) mass is 169 g/mol. The third kappa shape index (κ3) is 4.64. The molecule has 0 saturated heterocycles. The second kappa shape index (κ2) is 3.59. The fourth-order valence-electron chi connectivity index (χ4n) is 0.549. The Kier molecular flexibility index (Phi) is 3.35. The topological polar surface area (TPSA) is 20.3 Å². The lowest BCUT2D eigenvalue weighted by Crippen LogP contribution is -2.37. The number of nitrogens with zero attached hydrogens (tertiary/aromatic N) is 1. The molecule has 2 nitrogen and oxygen atoms in total. The quantitative estimate of drug-likeness (QED) is 0.585. The average Bonchev–Trinajstić information content (AvgIpc) is 1.80. The molecule has 0 radical (unpaired) electrons. The number of hydrogen-bond donors (Lipinski definition) is 0. The van der Waals surface area contributed by atoms with Gasteiger partial charge in [0.1, 0.15) is 6.54 Å². The van der Waals surface area contributed by atoms with E-state index >= 15 is 0 Å². The van der Waals surface area contributed by atoms with Crippen LogP contribution in [0.3, 0.4) is 0 Å². The van der Waals surface area contributed by atoms with E-state index in [1.54, 1.807) is 0 Å². The molecule has 0 aromatic rings. The Morgan fingerprint density at radius 3 is 2.00 bits per heavy atom. The summed E-state index contributed by atoms with van der Waals surface area (Å²) in [7, 11) is 0. The van der Waals surface area contributed by atoms with Gasteiger partial charge in [0, 0.05) is 6.04 Å². The Bertz CT molecular complexity index is 132. The lowest BCUT2D eigenvalue weighted by atomic mass is 10.3. The second-order valence-corrected chi connectivity index (χ2v) is 2.49. The van der Waals surface area contributed by atoms with Gasteiger partial charge in [-0.3, -0.25) is 4.79 Å². The summed E-state index contributed by atoms with van der Waals surface area (Å²) in [5, 5.41) is 0. The molecule has 0 N–H and O–H groups in total. The molecule has 0 aliphatic rings. The molecule has 0 aliphatic carbocycles. The standard InChI is InChI=1S/C6H10F3NO/c1-5(2)10(4-11)3-6(7,8)9/h4-5H,3H2,1-2H3. The summed E-state index contributed by atoms with van der Waals surface area (Å²) in [5.74, 6) is 0. The lowest BCUT2D eigenvalue weighted by Gasteiger charge is -2.22. The number of hydrogen-bond acceptors (Lipinski definition) is 1. The van der Waals surface area contributed by atoms with Crippen LogP contribution in [0.4, 0.5) is 13.2 Å². The number of rotatable bonds is 3. The molecule has 0 spiro atoms. The first-order valence-electron chi connectivity index (χ1n) is 3.14. The maximum atomic E-state index is 11.7. The zero-order valence-corrected chi connectivity index (χ0v) is 6.35. The van der Waals surface area contributed by atoms with Gasteiger partial charge in [-0.1, -0.05) is 0 Å². The molecular formula is C6H10F3NO. The Labute approximate surface area is 63.0 Å². The van der Waals surface area contributed by atoms with E-state index in [0.717, 1.165) is 0 Å². The van der Waals surface area contributed by atoms with Gasteiger partial charge in [0.25, 0.3) is 0 Å². The Morgan fingerprint density at radius 2 is 1.91 bits per heavy atom. The zero-order valence-electron chi connectivity index (χ0n) is 6.35. The maximum Gasteiger partial charge on any atom is 0.406 e. The summed E-state index contributed by atoms with van der Waals surface area (Å²) >= 11 is 0. The van der Waals surface area contributed by atoms with Gasteiger partial charge in [0.05, 0.1) is 0 Å². The van der Waals surface area contributed by atoms with E-state index in [1.165, 1.54) is 13.8 Å². The van der Waals surface area contributed by atoms with Crippen LogP contribution in [0.1, 0.15) is 13.8 Å². The highest BCUT2D eigenvalue weighted by Gasteiger charge is 2.30. The first kappa shape index (κ1) is 10.3. The van der Waals surface area contributed by atoms with Crippen molar-refractivity contribution in [2.24, 2.45) is 0 Å². The third-order valence-corrected chi connectivity index (χ3v) is 1.16. The highest BCUT2D eigenvalue weighted by Crippen LogP contribution is 2.16. The number of halogens is 3. The Hall–Kier alpha value is -0.740. The number of carbonyl (C=O) groups excluding carboxylic acids is 1. The van der Waals surface area contributed by atoms with Crippen LogP contribution in [-0.4, -0.2) is 30.1 Å². The molecule has 0 bridgehead atoms. The van der Waals surface area contributed by atoms with Crippen LogP contribution >= 0.6 is 0 Å². The SMILES string of the molecule is CC(C)N(C=O)CC(F)(F)F. The van der Waals surface area contributed by atoms with Gasteiger partial charge in [-0.15, -0.1) is 0 Å². The summed E-state index contributed by atoms with van der Waals surface area (Å²) in [6, 6.07) is -0.408. The molecule has 0 atom stereocenters. The Morgan fingerprint density at radius 1 is 1.45 bits per heavy atom. The van der Waals surface area contributed by atoms with E-state index in [2.05, 4.69) is 0 Å². The molecule has 11 heavy (non-hydrogen) atoms.